The van der Waals surface area contributed by atoms with Gasteiger partial charge in [0.25, 0.3) is 0 Å². The lowest BCUT2D eigenvalue weighted by molar-refractivity contribution is -0.145. The fourth-order valence-electron chi connectivity index (χ4n) is 1.32. The summed E-state index contributed by atoms with van der Waals surface area (Å²) in [6.07, 6.45) is 0.794. The molecule has 5 heteroatoms. The summed E-state index contributed by atoms with van der Waals surface area (Å²) >= 11 is 0. The van der Waals surface area contributed by atoms with Gasteiger partial charge in [-0.05, 0) is 33.6 Å². The molecule has 0 aromatic heterocycles. The van der Waals surface area contributed by atoms with Gasteiger partial charge in [0, 0.05) is 6.54 Å². The van der Waals surface area contributed by atoms with Crippen LogP contribution in [-0.2, 0) is 14.3 Å². The molecular weight excluding hydrogens is 222 g/mol. The molecule has 1 unspecified atom stereocenters. The summed E-state index contributed by atoms with van der Waals surface area (Å²) < 4.78 is 9.73. The third-order valence-electron chi connectivity index (χ3n) is 2.19. The Morgan fingerprint density at radius 3 is 2.29 bits per heavy atom. The summed E-state index contributed by atoms with van der Waals surface area (Å²) in [5.74, 6) is -0.409. The Hall–Kier alpha value is -1.26. The van der Waals surface area contributed by atoms with E-state index in [0.717, 1.165) is 0 Å². The van der Waals surface area contributed by atoms with Crippen LogP contribution in [0.1, 0.15) is 40.5 Å². The number of esters is 1. The smallest absolute Gasteiger partial charge is 0.407 e. The van der Waals surface area contributed by atoms with E-state index >= 15 is 0 Å². The quantitative estimate of drug-likeness (QED) is 0.753. The maximum Gasteiger partial charge on any atom is 0.407 e. The molecule has 0 fully saturated rings. The lowest BCUT2D eigenvalue weighted by Gasteiger charge is -2.20. The Morgan fingerprint density at radius 1 is 1.29 bits per heavy atom. The van der Waals surface area contributed by atoms with Gasteiger partial charge in [-0.15, -0.1) is 0 Å². The first-order valence-electron chi connectivity index (χ1n) is 5.84. The Kier molecular flexibility index (Phi) is 6.61. The molecule has 0 heterocycles. The van der Waals surface area contributed by atoms with Crippen LogP contribution >= 0.6 is 0 Å². The molecule has 1 amide bonds. The van der Waals surface area contributed by atoms with E-state index in [0.29, 0.717) is 19.4 Å². The highest BCUT2D eigenvalue weighted by molar-refractivity contribution is 5.72. The van der Waals surface area contributed by atoms with Gasteiger partial charge in [-0.25, -0.2) is 4.79 Å². The van der Waals surface area contributed by atoms with E-state index in [1.807, 2.05) is 6.92 Å². The predicted molar refractivity (Wildman–Crippen MR) is 64.7 cm³/mol. The predicted octanol–water partition coefficient (Wildman–Crippen LogP) is 2.10. The summed E-state index contributed by atoms with van der Waals surface area (Å²) in [7, 11) is 1.37. The Bertz CT molecular complexity index is 258. The van der Waals surface area contributed by atoms with E-state index in [1.165, 1.54) is 7.11 Å². The minimum Gasteiger partial charge on any atom is -0.469 e. The molecule has 1 atom stereocenters. The molecule has 0 aliphatic carbocycles. The molecule has 0 rings (SSSR count). The number of alkyl carbamates (subject to hydrolysis) is 1. The molecular formula is C12H23NO4. The van der Waals surface area contributed by atoms with Crippen molar-refractivity contribution in [3.8, 4) is 0 Å². The third-order valence-corrected chi connectivity index (χ3v) is 2.19. The number of nitrogens with one attached hydrogen (secondary N) is 1. The minimum atomic E-state index is -0.503. The summed E-state index contributed by atoms with van der Waals surface area (Å²) in [4.78, 5) is 22.6. The lowest BCUT2D eigenvalue weighted by atomic mass is 10.0. The van der Waals surface area contributed by atoms with E-state index < -0.39 is 11.7 Å². The number of hydrogen-bond donors (Lipinski definition) is 1. The number of ether oxygens (including phenoxy) is 2. The van der Waals surface area contributed by atoms with Crippen molar-refractivity contribution in [3.63, 3.8) is 0 Å². The van der Waals surface area contributed by atoms with Crippen molar-refractivity contribution in [1.29, 1.82) is 0 Å². The van der Waals surface area contributed by atoms with Gasteiger partial charge in [-0.3, -0.25) is 4.79 Å². The third kappa shape index (κ3) is 7.60. The fourth-order valence-corrected chi connectivity index (χ4v) is 1.32. The Balaban J connectivity index is 3.90. The van der Waals surface area contributed by atoms with Crippen molar-refractivity contribution >= 4 is 12.1 Å². The molecule has 0 saturated heterocycles. The molecule has 0 radical (unpaired) electrons. The van der Waals surface area contributed by atoms with Gasteiger partial charge in [-0.1, -0.05) is 6.92 Å². The number of carbonyl (C=O) groups is 2. The normalized spacial score (nSPS) is 12.8. The van der Waals surface area contributed by atoms with Gasteiger partial charge >= 0.3 is 12.1 Å². The number of hydrogen-bond acceptors (Lipinski definition) is 4. The molecule has 0 aliphatic rings. The second kappa shape index (κ2) is 7.14. The second-order valence-electron chi connectivity index (χ2n) is 4.85. The first-order chi connectivity index (χ1) is 7.80. The zero-order valence-electron chi connectivity index (χ0n) is 11.3. The molecule has 0 aliphatic heterocycles. The lowest BCUT2D eigenvalue weighted by Crippen LogP contribution is -2.34. The average Bonchev–Trinajstić information content (AvgIpc) is 2.21. The van der Waals surface area contributed by atoms with Gasteiger partial charge in [0.1, 0.15) is 5.60 Å². The van der Waals surface area contributed by atoms with E-state index in [1.54, 1.807) is 20.8 Å². The van der Waals surface area contributed by atoms with Gasteiger partial charge in [0.2, 0.25) is 0 Å². The van der Waals surface area contributed by atoms with Crippen LogP contribution in [0, 0.1) is 5.92 Å². The Labute approximate surface area is 103 Å². The van der Waals surface area contributed by atoms with Crippen molar-refractivity contribution in [2.45, 2.75) is 46.1 Å². The first-order valence-corrected chi connectivity index (χ1v) is 5.84. The summed E-state index contributed by atoms with van der Waals surface area (Å²) in [5, 5.41) is 2.61. The van der Waals surface area contributed by atoms with Crippen LogP contribution < -0.4 is 5.32 Å². The van der Waals surface area contributed by atoms with Gasteiger partial charge in [0.15, 0.2) is 0 Å². The topological polar surface area (TPSA) is 64.6 Å². The van der Waals surface area contributed by atoms with Crippen LogP contribution in [0.25, 0.3) is 0 Å². The summed E-state index contributed by atoms with van der Waals surface area (Å²) in [6, 6.07) is 0. The van der Waals surface area contributed by atoms with Crippen molar-refractivity contribution < 1.29 is 19.1 Å². The van der Waals surface area contributed by atoms with Crippen LogP contribution in [0.5, 0.6) is 0 Å². The van der Waals surface area contributed by atoms with Crippen LogP contribution in [-0.4, -0.2) is 31.3 Å². The molecule has 0 spiro atoms. The number of rotatable bonds is 5. The van der Waals surface area contributed by atoms with Crippen LogP contribution in [0.2, 0.25) is 0 Å². The minimum absolute atomic E-state index is 0.171. The zero-order chi connectivity index (χ0) is 13.5. The van der Waals surface area contributed by atoms with E-state index in [4.69, 9.17) is 4.74 Å². The molecule has 5 nitrogen and oxygen atoms in total. The van der Waals surface area contributed by atoms with Crippen molar-refractivity contribution in [3.05, 3.63) is 0 Å². The molecule has 0 aromatic carbocycles. The Morgan fingerprint density at radius 2 is 1.88 bits per heavy atom. The summed E-state index contributed by atoms with van der Waals surface area (Å²) in [6.45, 7) is 7.72. The van der Waals surface area contributed by atoms with Crippen molar-refractivity contribution in [2.24, 2.45) is 5.92 Å². The van der Waals surface area contributed by atoms with Gasteiger partial charge < -0.3 is 14.8 Å². The van der Waals surface area contributed by atoms with Crippen molar-refractivity contribution in [2.75, 3.05) is 13.7 Å². The molecule has 1 N–H and O–H groups in total. The highest BCUT2D eigenvalue weighted by atomic mass is 16.6. The highest BCUT2D eigenvalue weighted by Gasteiger charge is 2.18. The second-order valence-corrected chi connectivity index (χ2v) is 4.85. The summed E-state index contributed by atoms with van der Waals surface area (Å²) in [5.41, 5.74) is -0.503. The van der Waals surface area contributed by atoms with E-state index in [9.17, 15) is 9.59 Å². The largest absolute Gasteiger partial charge is 0.469 e. The van der Waals surface area contributed by atoms with Crippen LogP contribution in [0.4, 0.5) is 4.79 Å². The maximum absolute atomic E-state index is 11.3. The SMILES string of the molecule is CCC(CCNC(=O)OC(C)(C)C)C(=O)OC. The van der Waals surface area contributed by atoms with E-state index in [2.05, 4.69) is 10.1 Å². The molecule has 100 valence electrons. The highest BCUT2D eigenvalue weighted by Crippen LogP contribution is 2.10. The fraction of sp³-hybridized carbons (Fsp3) is 0.833. The van der Waals surface area contributed by atoms with Crippen molar-refractivity contribution in [1.82, 2.24) is 5.32 Å². The molecule has 0 bridgehead atoms. The number of carbonyl (C=O) groups excluding carboxylic acids is 2. The average molecular weight is 245 g/mol. The standard InChI is InChI=1S/C12H23NO4/c1-6-9(10(14)16-5)7-8-13-11(15)17-12(2,3)4/h9H,6-8H2,1-5H3,(H,13,15). The van der Waals surface area contributed by atoms with Crippen LogP contribution in [0.3, 0.4) is 0 Å². The zero-order valence-corrected chi connectivity index (χ0v) is 11.3. The number of amides is 1. The number of methoxy groups -OCH3 is 1. The van der Waals surface area contributed by atoms with Gasteiger partial charge in [-0.2, -0.15) is 0 Å². The molecule has 0 saturated carbocycles. The molecule has 17 heavy (non-hydrogen) atoms. The first kappa shape index (κ1) is 15.7. The van der Waals surface area contributed by atoms with Gasteiger partial charge in [0.05, 0.1) is 13.0 Å². The van der Waals surface area contributed by atoms with Crippen LogP contribution in [0.15, 0.2) is 0 Å². The monoisotopic (exact) mass is 245 g/mol. The van der Waals surface area contributed by atoms with E-state index in [-0.39, 0.29) is 11.9 Å². The maximum atomic E-state index is 11.3. The molecule has 0 aromatic rings.